The van der Waals surface area contributed by atoms with Gasteiger partial charge in [-0.2, -0.15) is 0 Å². The minimum absolute atomic E-state index is 0.0359. The molecule has 0 saturated heterocycles. The molecule has 0 aliphatic carbocycles. The van der Waals surface area contributed by atoms with Crippen LogP contribution in [0.1, 0.15) is 18.3 Å². The number of fused-ring (bicyclic) bond motifs is 2. The maximum atomic E-state index is 12.1. The van der Waals surface area contributed by atoms with Crippen molar-refractivity contribution < 1.29 is 14.3 Å². The van der Waals surface area contributed by atoms with Crippen LogP contribution in [-0.4, -0.2) is 9.84 Å². The van der Waals surface area contributed by atoms with Crippen LogP contribution in [-0.2, 0) is 17.1 Å². The highest BCUT2D eigenvalue weighted by molar-refractivity contribution is 5.72. The van der Waals surface area contributed by atoms with Gasteiger partial charge in [-0.1, -0.05) is 12.1 Å². The Labute approximate surface area is 95.9 Å². The average Bonchev–Trinajstić information content (AvgIpc) is 2.63. The summed E-state index contributed by atoms with van der Waals surface area (Å²) in [6.07, 6.45) is 0. The lowest BCUT2D eigenvalue weighted by molar-refractivity contribution is -0.496. The van der Waals surface area contributed by atoms with Crippen molar-refractivity contribution >= 4 is 11.0 Å². The number of benzene rings is 1. The molecule has 3 rings (SSSR count). The Bertz CT molecular complexity index is 675. The summed E-state index contributed by atoms with van der Waals surface area (Å²) in [5, 5.41) is 21.9. The van der Waals surface area contributed by atoms with Gasteiger partial charge in [-0.25, -0.2) is 0 Å². The van der Waals surface area contributed by atoms with E-state index in [4.69, 9.17) is 4.74 Å². The normalized spacial score (nSPS) is 22.9. The zero-order valence-corrected chi connectivity index (χ0v) is 9.08. The van der Waals surface area contributed by atoms with Crippen molar-refractivity contribution in [1.29, 1.82) is 0 Å². The van der Waals surface area contributed by atoms with Crippen LogP contribution in [0.15, 0.2) is 24.3 Å². The van der Waals surface area contributed by atoms with Crippen molar-refractivity contribution in [2.75, 3.05) is 0 Å². The van der Waals surface area contributed by atoms with Gasteiger partial charge in [0.2, 0.25) is 0 Å². The summed E-state index contributed by atoms with van der Waals surface area (Å²) in [4.78, 5) is 12.1. The van der Waals surface area contributed by atoms with E-state index in [1.165, 1.54) is 13.0 Å². The lowest BCUT2D eigenvalue weighted by atomic mass is 10.2. The molecular formula is C11H10N2O4. The van der Waals surface area contributed by atoms with Crippen LogP contribution in [0.4, 0.5) is 0 Å². The topological polar surface area (TPSA) is 80.4 Å². The van der Waals surface area contributed by atoms with Gasteiger partial charge in [0.15, 0.2) is 0 Å². The number of hydrogen-bond donors (Lipinski definition) is 1. The van der Waals surface area contributed by atoms with Gasteiger partial charge in [0.05, 0.1) is 11.0 Å². The Morgan fingerprint density at radius 2 is 2.24 bits per heavy atom. The minimum atomic E-state index is -1.72. The van der Waals surface area contributed by atoms with E-state index < -0.39 is 5.79 Å². The summed E-state index contributed by atoms with van der Waals surface area (Å²) < 4.78 is 6.26. The van der Waals surface area contributed by atoms with Gasteiger partial charge in [-0.05, 0) is 6.07 Å². The minimum Gasteiger partial charge on any atom is -0.805 e. The third-order valence-corrected chi connectivity index (χ3v) is 2.97. The van der Waals surface area contributed by atoms with Gasteiger partial charge in [-0.3, -0.25) is 0 Å². The molecule has 1 aromatic heterocycles. The maximum absolute atomic E-state index is 12.1. The van der Waals surface area contributed by atoms with Crippen LogP contribution in [0.25, 0.3) is 11.0 Å². The molecule has 0 amide bonds. The molecule has 1 aliphatic heterocycles. The smallest absolute Gasteiger partial charge is 0.320 e. The Balaban J connectivity index is 2.54. The molecule has 1 aliphatic rings. The molecule has 88 valence electrons. The van der Waals surface area contributed by atoms with Gasteiger partial charge in [0.1, 0.15) is 11.2 Å². The van der Waals surface area contributed by atoms with Gasteiger partial charge in [0.25, 0.3) is 11.3 Å². The van der Waals surface area contributed by atoms with E-state index in [1.807, 2.05) is 0 Å². The average molecular weight is 234 g/mol. The molecule has 1 N–H and O–H groups in total. The number of para-hydroxylation sites is 2. The van der Waals surface area contributed by atoms with Gasteiger partial charge in [0, 0.05) is 17.9 Å². The first-order valence-electron chi connectivity index (χ1n) is 5.16. The number of aliphatic hydroxyl groups is 1. The number of ether oxygens (including phenoxy) is 1. The molecule has 17 heavy (non-hydrogen) atoms. The fourth-order valence-electron chi connectivity index (χ4n) is 2.15. The molecule has 2 heterocycles. The second-order valence-electron chi connectivity index (χ2n) is 4.14. The van der Waals surface area contributed by atoms with Gasteiger partial charge >= 0.3 is 5.69 Å². The molecule has 0 unspecified atom stereocenters. The summed E-state index contributed by atoms with van der Waals surface area (Å²) in [5.41, 5.74) is 0.601. The molecule has 0 saturated carbocycles. The highest BCUT2D eigenvalue weighted by atomic mass is 16.6. The maximum Gasteiger partial charge on any atom is 0.320 e. The molecule has 0 radical (unpaired) electrons. The number of aromatic nitrogens is 2. The van der Waals surface area contributed by atoms with E-state index in [1.54, 1.807) is 18.2 Å². The SMILES string of the molecule is C[C@]1(O)OCc2c1[n+](=O)c1ccccc1n2[O-]. The molecule has 0 bridgehead atoms. The van der Waals surface area contributed by atoms with Crippen molar-refractivity contribution in [2.24, 2.45) is 0 Å². The second-order valence-corrected chi connectivity index (χ2v) is 4.14. The summed E-state index contributed by atoms with van der Waals surface area (Å²) in [5.74, 6) is -1.72. The summed E-state index contributed by atoms with van der Waals surface area (Å²) in [6.45, 7) is 1.28. The molecular weight excluding hydrogens is 224 g/mol. The van der Waals surface area contributed by atoms with Gasteiger partial charge < -0.3 is 19.8 Å². The quantitative estimate of drug-likeness (QED) is 0.677. The van der Waals surface area contributed by atoms with Crippen LogP contribution in [0.5, 0.6) is 0 Å². The number of nitrogens with zero attached hydrogens (tertiary/aromatic N) is 2. The summed E-state index contributed by atoms with van der Waals surface area (Å²) >= 11 is 0. The Kier molecular flexibility index (Phi) is 1.84. The van der Waals surface area contributed by atoms with E-state index in [2.05, 4.69) is 0 Å². The zero-order chi connectivity index (χ0) is 12.2. The Morgan fingerprint density at radius 1 is 1.53 bits per heavy atom. The largest absolute Gasteiger partial charge is 0.805 e. The van der Waals surface area contributed by atoms with E-state index in [-0.39, 0.29) is 29.0 Å². The predicted octanol–water partition coefficient (Wildman–Crippen LogP) is 0.597. The van der Waals surface area contributed by atoms with Gasteiger partial charge in [-0.15, -0.1) is 0 Å². The third kappa shape index (κ3) is 1.22. The standard InChI is InChI=1S/C11H10N2O4/c1-11(14)10-9(6-17-11)12(15)7-4-2-3-5-8(7)13(10)16/h2-5,14H,6H2,1H3/t11-/m0/s1. The zero-order valence-electron chi connectivity index (χ0n) is 9.08. The van der Waals surface area contributed by atoms with Crippen molar-refractivity contribution in [3.63, 3.8) is 0 Å². The first-order valence-corrected chi connectivity index (χ1v) is 5.16. The molecule has 0 spiro atoms. The number of hydrogen-bond acceptors (Lipinski definition) is 4. The van der Waals surface area contributed by atoms with Crippen LogP contribution in [0.2, 0.25) is 0 Å². The second kappa shape index (κ2) is 3.06. The van der Waals surface area contributed by atoms with Crippen LogP contribution < -0.4 is 4.43 Å². The van der Waals surface area contributed by atoms with Crippen molar-refractivity contribution in [3.05, 3.63) is 45.8 Å². The summed E-state index contributed by atoms with van der Waals surface area (Å²) in [7, 11) is 0. The monoisotopic (exact) mass is 234 g/mol. The predicted molar refractivity (Wildman–Crippen MR) is 58.4 cm³/mol. The Morgan fingerprint density at radius 3 is 3.00 bits per heavy atom. The molecule has 0 fully saturated rings. The highest BCUT2D eigenvalue weighted by Crippen LogP contribution is 2.32. The van der Waals surface area contributed by atoms with Crippen LogP contribution >= 0.6 is 0 Å². The Hall–Kier alpha value is -1.92. The van der Waals surface area contributed by atoms with E-state index >= 15 is 0 Å². The summed E-state index contributed by atoms with van der Waals surface area (Å²) in [6, 6.07) is 6.43. The van der Waals surface area contributed by atoms with Crippen LogP contribution in [0, 0.1) is 10.1 Å². The van der Waals surface area contributed by atoms with E-state index in [0.29, 0.717) is 9.16 Å². The third-order valence-electron chi connectivity index (χ3n) is 2.97. The fourth-order valence-corrected chi connectivity index (χ4v) is 2.15. The fraction of sp³-hybridized carbons (Fsp3) is 0.273. The first kappa shape index (κ1) is 10.2. The van der Waals surface area contributed by atoms with Crippen LogP contribution in [0.3, 0.4) is 0 Å². The molecule has 2 aromatic rings. The molecule has 6 nitrogen and oxygen atoms in total. The van der Waals surface area contributed by atoms with E-state index in [0.717, 1.165) is 0 Å². The molecule has 1 aromatic carbocycles. The lowest BCUT2D eigenvalue weighted by Crippen LogP contribution is -2.35. The lowest BCUT2D eigenvalue weighted by Gasteiger charge is -2.15. The number of rotatable bonds is 0. The van der Waals surface area contributed by atoms with E-state index in [9.17, 15) is 15.2 Å². The van der Waals surface area contributed by atoms with Crippen molar-refractivity contribution in [2.45, 2.75) is 19.3 Å². The van der Waals surface area contributed by atoms with Crippen molar-refractivity contribution in [1.82, 2.24) is 4.73 Å². The molecule has 6 heteroatoms. The molecule has 1 atom stereocenters. The van der Waals surface area contributed by atoms with Crippen molar-refractivity contribution in [3.8, 4) is 0 Å². The first-order chi connectivity index (χ1) is 8.02. The highest BCUT2D eigenvalue weighted by Gasteiger charge is 2.45.